The number of esters is 8. The fourth-order valence-electron chi connectivity index (χ4n) is 6.70. The Morgan fingerprint density at radius 3 is 1.09 bits per heavy atom. The third-order valence-electron chi connectivity index (χ3n) is 9.15. The maximum absolute atomic E-state index is 13.5. The molecule has 0 radical (unpaired) electrons. The fourth-order valence-corrected chi connectivity index (χ4v) is 6.70. The van der Waals surface area contributed by atoms with E-state index < -0.39 is 156 Å². The van der Waals surface area contributed by atoms with Crippen molar-refractivity contribution >= 4 is 83.2 Å². The van der Waals surface area contributed by atoms with E-state index in [4.69, 9.17) is 56.8 Å². The molecule has 382 valence electrons. The molecule has 2 fully saturated rings. The molecule has 70 heavy (non-hydrogen) atoms. The first-order chi connectivity index (χ1) is 33.0. The molecule has 2 aliphatic rings. The number of hydrogen-bond donors (Lipinski definition) is 4. The first-order valence-electron chi connectivity index (χ1n) is 20.6. The number of nitrogens with zero attached hydrogens (tertiary/aromatic N) is 4. The minimum Gasteiger partial charge on any atom is -0.468 e. The summed E-state index contributed by atoms with van der Waals surface area (Å²) in [5.41, 5.74) is -2.98. The van der Waals surface area contributed by atoms with Crippen LogP contribution in [0, 0.1) is 0 Å². The van der Waals surface area contributed by atoms with Crippen LogP contribution in [0.25, 0.3) is 0 Å². The van der Waals surface area contributed by atoms with E-state index in [9.17, 15) is 47.9 Å². The van der Waals surface area contributed by atoms with Crippen molar-refractivity contribution in [2.45, 2.75) is 117 Å². The Morgan fingerprint density at radius 2 is 0.800 bits per heavy atom. The number of hydrogen-bond acceptors (Lipinski definition) is 28. The SMILES string of the molecule is COc1nc(N[C@@H]2O[C@H](COC(C)=O)[C@H](OC(C)=O)[C@H](OC(C)=O)[C@@H]2OC(C)=O)c(N=CC=Nc2c(N[C@@H]3O[C@H](COC(C)=O)[C@H](OC(C)=O)[C@H](OC(C)=O)[C@@H]3OC(C)=O)nc(OC)[nH]c2=O)c(=O)[nH]1. The Hall–Kier alpha value is -8.02. The van der Waals surface area contributed by atoms with Crippen molar-refractivity contribution in [3.63, 3.8) is 0 Å². The standard InChI is InChI=1S/C40H50N8O22/c1-15(49)61-13-23-27(63-17(3)51)29(65-19(5)53)31(67-21(7)55)37(69-23)43-33-25(35(57)47-39(45-33)59-9)41-11-12-42-26-34(46-40(60-10)48-36(26)58)44-38-32(68-22(8)56)30(66-20(6)54)28(64-18(4)52)24(70-38)14-62-16(2)50/h11-12,23-24,27-32,37-38H,13-14H2,1-10H3,(H2,43,45,47,57)(H2,44,46,48,58)/t23-,24-,27+,28+,29+,30+,31+,32+,37-,38-/m1/s1. The first kappa shape index (κ1) is 54.6. The summed E-state index contributed by atoms with van der Waals surface area (Å²) < 4.78 is 65.3. The number of anilines is 2. The first-order valence-corrected chi connectivity index (χ1v) is 20.6. The minimum atomic E-state index is -1.65. The van der Waals surface area contributed by atoms with Crippen LogP contribution in [0.2, 0.25) is 0 Å². The molecule has 4 N–H and O–H groups in total. The number of aliphatic imine (C=N–C) groups is 2. The predicted molar refractivity (Wildman–Crippen MR) is 230 cm³/mol. The Kier molecular flexibility index (Phi) is 19.4. The van der Waals surface area contributed by atoms with Gasteiger partial charge in [-0.3, -0.25) is 57.9 Å². The monoisotopic (exact) mass is 994 g/mol. The van der Waals surface area contributed by atoms with Crippen molar-refractivity contribution in [3.8, 4) is 12.0 Å². The molecule has 0 saturated carbocycles. The van der Waals surface area contributed by atoms with Gasteiger partial charge >= 0.3 is 47.8 Å². The molecule has 4 heterocycles. The highest BCUT2D eigenvalue weighted by molar-refractivity contribution is 6.17. The average molecular weight is 995 g/mol. The van der Waals surface area contributed by atoms with Crippen LogP contribution in [0.3, 0.4) is 0 Å². The van der Waals surface area contributed by atoms with Gasteiger partial charge in [-0.05, 0) is 0 Å². The van der Waals surface area contributed by atoms with Crippen LogP contribution < -0.4 is 31.2 Å². The van der Waals surface area contributed by atoms with Crippen molar-refractivity contribution in [1.29, 1.82) is 0 Å². The second-order valence-corrected chi connectivity index (χ2v) is 14.6. The summed E-state index contributed by atoms with van der Waals surface area (Å²) in [5.74, 6) is -7.80. The van der Waals surface area contributed by atoms with Crippen molar-refractivity contribution in [2.24, 2.45) is 9.98 Å². The van der Waals surface area contributed by atoms with E-state index in [0.717, 1.165) is 67.8 Å². The fraction of sp³-hybridized carbons (Fsp3) is 0.550. The second-order valence-electron chi connectivity index (χ2n) is 14.6. The van der Waals surface area contributed by atoms with Crippen LogP contribution in [0.5, 0.6) is 12.0 Å². The third-order valence-corrected chi connectivity index (χ3v) is 9.15. The lowest BCUT2D eigenvalue weighted by Gasteiger charge is -2.44. The topological polar surface area (TPSA) is 388 Å². The van der Waals surface area contributed by atoms with E-state index in [-0.39, 0.29) is 12.0 Å². The van der Waals surface area contributed by atoms with E-state index in [1.807, 2.05) is 0 Å². The lowest BCUT2D eigenvalue weighted by molar-refractivity contribution is -0.247. The summed E-state index contributed by atoms with van der Waals surface area (Å²) in [7, 11) is 2.33. The van der Waals surface area contributed by atoms with Crippen LogP contribution in [0.4, 0.5) is 23.0 Å². The number of nitrogens with one attached hydrogen (secondary N) is 4. The molecule has 4 rings (SSSR count). The van der Waals surface area contributed by atoms with E-state index in [1.165, 1.54) is 14.2 Å². The highest BCUT2D eigenvalue weighted by Gasteiger charge is 2.54. The van der Waals surface area contributed by atoms with Crippen LogP contribution in [-0.2, 0) is 85.7 Å². The molecule has 30 heteroatoms. The van der Waals surface area contributed by atoms with Gasteiger partial charge in [-0.15, -0.1) is 0 Å². The Balaban J connectivity index is 1.80. The Morgan fingerprint density at radius 1 is 0.500 bits per heavy atom. The van der Waals surface area contributed by atoms with Crippen LogP contribution >= 0.6 is 0 Å². The van der Waals surface area contributed by atoms with Crippen LogP contribution in [0.1, 0.15) is 55.4 Å². The summed E-state index contributed by atoms with van der Waals surface area (Å²) >= 11 is 0. The van der Waals surface area contributed by atoms with Gasteiger partial charge in [0.2, 0.25) is 0 Å². The van der Waals surface area contributed by atoms with Gasteiger partial charge in [0, 0.05) is 67.8 Å². The Bertz CT molecular complexity index is 2310. The van der Waals surface area contributed by atoms with Gasteiger partial charge < -0.3 is 67.5 Å². The molecule has 0 bridgehead atoms. The minimum absolute atomic E-state index is 0.375. The summed E-state index contributed by atoms with van der Waals surface area (Å²) in [5, 5.41) is 5.50. The molecule has 0 aliphatic carbocycles. The second kappa shape index (κ2) is 24.8. The highest BCUT2D eigenvalue weighted by Crippen LogP contribution is 2.33. The average Bonchev–Trinajstić information content (AvgIpc) is 3.25. The number of carbonyl (C=O) groups is 8. The number of aromatic amines is 2. The number of aromatic nitrogens is 4. The quantitative estimate of drug-likeness (QED) is 0.0742. The zero-order valence-corrected chi connectivity index (χ0v) is 39.1. The summed E-state index contributed by atoms with van der Waals surface area (Å²) in [6, 6.07) is -0.751. The molecule has 0 spiro atoms. The molecule has 10 atom stereocenters. The molecule has 2 saturated heterocycles. The maximum Gasteiger partial charge on any atom is 0.303 e. The van der Waals surface area contributed by atoms with Gasteiger partial charge in [0.25, 0.3) is 23.1 Å². The number of methoxy groups -OCH3 is 2. The van der Waals surface area contributed by atoms with Gasteiger partial charge in [0.1, 0.15) is 25.4 Å². The van der Waals surface area contributed by atoms with Gasteiger partial charge in [0.15, 0.2) is 72.1 Å². The van der Waals surface area contributed by atoms with E-state index in [2.05, 4.69) is 40.6 Å². The zero-order chi connectivity index (χ0) is 52.0. The lowest BCUT2D eigenvalue weighted by atomic mass is 9.97. The van der Waals surface area contributed by atoms with E-state index in [1.54, 1.807) is 0 Å². The van der Waals surface area contributed by atoms with Crippen molar-refractivity contribution in [3.05, 3.63) is 20.7 Å². The summed E-state index contributed by atoms with van der Waals surface area (Å²) in [6.45, 7) is 7.20. The van der Waals surface area contributed by atoms with E-state index in [0.29, 0.717) is 0 Å². The van der Waals surface area contributed by atoms with Gasteiger partial charge in [-0.2, -0.15) is 9.97 Å². The Labute approximate surface area is 395 Å². The normalized spacial score (nSPS) is 24.0. The molecule has 0 amide bonds. The summed E-state index contributed by atoms with van der Waals surface area (Å²) in [4.78, 5) is 146. The van der Waals surface area contributed by atoms with Gasteiger partial charge in [-0.25, -0.2) is 9.98 Å². The van der Waals surface area contributed by atoms with Crippen molar-refractivity contribution < 1.29 is 95.2 Å². The number of H-pyrrole nitrogens is 2. The largest absolute Gasteiger partial charge is 0.468 e. The van der Waals surface area contributed by atoms with Crippen LogP contribution in [0.15, 0.2) is 19.6 Å². The molecule has 2 aromatic heterocycles. The van der Waals surface area contributed by atoms with Crippen molar-refractivity contribution in [1.82, 2.24) is 19.9 Å². The number of carbonyl (C=O) groups excluding carboxylic acids is 8. The molecule has 0 unspecified atom stereocenters. The lowest BCUT2D eigenvalue weighted by Crippen LogP contribution is -2.64. The molecule has 2 aliphatic heterocycles. The maximum atomic E-state index is 13.5. The number of ether oxygens (including phenoxy) is 12. The molecular formula is C40H50N8O22. The van der Waals surface area contributed by atoms with Crippen molar-refractivity contribution in [2.75, 3.05) is 38.1 Å². The molecular weight excluding hydrogens is 944 g/mol. The summed E-state index contributed by atoms with van der Waals surface area (Å²) in [6.07, 6.45) is -13.7. The highest BCUT2D eigenvalue weighted by atomic mass is 16.7. The van der Waals surface area contributed by atoms with Gasteiger partial charge in [0.05, 0.1) is 14.2 Å². The molecule has 2 aromatic rings. The smallest absolute Gasteiger partial charge is 0.303 e. The third kappa shape index (κ3) is 15.2. The zero-order valence-electron chi connectivity index (χ0n) is 39.1. The van der Waals surface area contributed by atoms with Gasteiger partial charge in [-0.1, -0.05) is 0 Å². The number of rotatable bonds is 19. The molecule has 30 nitrogen and oxygen atoms in total. The van der Waals surface area contributed by atoms with E-state index >= 15 is 0 Å². The predicted octanol–water partition coefficient (Wildman–Crippen LogP) is -1.03. The van der Waals surface area contributed by atoms with Crippen LogP contribution in [-0.4, -0.2) is 169 Å². The molecule has 0 aromatic carbocycles.